The van der Waals surface area contributed by atoms with Crippen LogP contribution in [0.15, 0.2) is 58.2 Å². The first-order chi connectivity index (χ1) is 13.4. The zero-order valence-electron chi connectivity index (χ0n) is 14.5. The van der Waals surface area contributed by atoms with Crippen molar-refractivity contribution in [3.8, 4) is 10.7 Å². The van der Waals surface area contributed by atoms with Gasteiger partial charge in [-0.3, -0.25) is 9.55 Å². The predicted molar refractivity (Wildman–Crippen MR) is 106 cm³/mol. The number of hydrogen-bond acceptors (Lipinski definition) is 7. The number of thiophene rings is 1. The van der Waals surface area contributed by atoms with Gasteiger partial charge in [0.05, 0.1) is 34.8 Å². The van der Waals surface area contributed by atoms with Crippen LogP contribution in [0.3, 0.4) is 0 Å². The highest BCUT2D eigenvalue weighted by Gasteiger charge is 2.22. The Balaban J connectivity index is 1.50. The van der Waals surface area contributed by atoms with Crippen LogP contribution in [0.25, 0.3) is 21.7 Å². The summed E-state index contributed by atoms with van der Waals surface area (Å²) in [4.78, 5) is 10.3. The van der Waals surface area contributed by atoms with Crippen LogP contribution in [-0.2, 0) is 11.3 Å². The van der Waals surface area contributed by atoms with Crippen LogP contribution < -0.4 is 0 Å². The lowest BCUT2D eigenvalue weighted by Crippen LogP contribution is -2.16. The molecule has 136 valence electrons. The maximum Gasteiger partial charge on any atom is 0.197 e. The molecule has 0 bridgehead atoms. The van der Waals surface area contributed by atoms with Crippen molar-refractivity contribution >= 4 is 34.1 Å². The molecule has 1 aromatic carbocycles. The molecule has 1 fully saturated rings. The number of fused-ring (bicyclic) bond motifs is 1. The summed E-state index contributed by atoms with van der Waals surface area (Å²) < 4.78 is 8.01. The lowest BCUT2D eigenvalue weighted by atomic mass is 10.2. The van der Waals surface area contributed by atoms with Crippen molar-refractivity contribution in [2.24, 2.45) is 0 Å². The van der Waals surface area contributed by atoms with Crippen molar-refractivity contribution in [1.29, 1.82) is 0 Å². The minimum absolute atomic E-state index is 0.210. The van der Waals surface area contributed by atoms with Gasteiger partial charge in [0, 0.05) is 6.61 Å². The second kappa shape index (κ2) is 7.38. The maximum absolute atomic E-state index is 5.85. The largest absolute Gasteiger partial charge is 0.376 e. The van der Waals surface area contributed by atoms with Gasteiger partial charge in [-0.05, 0) is 48.2 Å². The Labute approximate surface area is 164 Å². The van der Waals surface area contributed by atoms with Crippen LogP contribution in [0, 0.1) is 0 Å². The molecule has 4 aromatic rings. The summed E-state index contributed by atoms with van der Waals surface area (Å²) in [5.41, 5.74) is 1.77. The average molecular weight is 396 g/mol. The smallest absolute Gasteiger partial charge is 0.197 e. The molecule has 0 N–H and O–H groups in total. The van der Waals surface area contributed by atoms with Gasteiger partial charge in [0.2, 0.25) is 0 Å². The highest BCUT2D eigenvalue weighted by molar-refractivity contribution is 7.99. The van der Waals surface area contributed by atoms with Crippen LogP contribution in [0.1, 0.15) is 12.8 Å². The molecule has 8 heteroatoms. The Morgan fingerprint density at radius 2 is 2.07 bits per heavy atom. The van der Waals surface area contributed by atoms with Crippen LogP contribution in [0.4, 0.5) is 0 Å². The molecule has 0 saturated carbocycles. The van der Waals surface area contributed by atoms with Crippen LogP contribution in [-0.4, -0.2) is 37.4 Å². The fourth-order valence-corrected chi connectivity index (χ4v) is 4.70. The number of ether oxygens (including phenoxy) is 1. The molecule has 27 heavy (non-hydrogen) atoms. The van der Waals surface area contributed by atoms with Crippen LogP contribution >= 0.6 is 23.1 Å². The Bertz CT molecular complexity index is 1060. The van der Waals surface area contributed by atoms with Crippen LogP contribution in [0.5, 0.6) is 0 Å². The summed E-state index contributed by atoms with van der Waals surface area (Å²) in [7, 11) is 0. The van der Waals surface area contributed by atoms with E-state index >= 15 is 0 Å². The first kappa shape index (κ1) is 16.9. The van der Waals surface area contributed by atoms with Gasteiger partial charge < -0.3 is 4.74 Å². The van der Waals surface area contributed by atoms with E-state index in [0.717, 1.165) is 57.9 Å². The molecular formula is C19H17N5OS2. The van der Waals surface area contributed by atoms with E-state index in [1.165, 1.54) is 11.8 Å². The molecule has 0 radical (unpaired) electrons. The van der Waals surface area contributed by atoms with Crippen molar-refractivity contribution in [3.05, 3.63) is 48.0 Å². The van der Waals surface area contributed by atoms with Gasteiger partial charge >= 0.3 is 0 Å². The first-order valence-electron chi connectivity index (χ1n) is 8.85. The minimum Gasteiger partial charge on any atom is -0.376 e. The third-order valence-electron chi connectivity index (χ3n) is 4.49. The van der Waals surface area contributed by atoms with Crippen LogP contribution in [0.2, 0.25) is 0 Å². The van der Waals surface area contributed by atoms with E-state index in [-0.39, 0.29) is 6.10 Å². The summed E-state index contributed by atoms with van der Waals surface area (Å²) in [6, 6.07) is 12.0. The Hall–Kier alpha value is -2.29. The quantitative estimate of drug-likeness (QED) is 0.502. The fraction of sp³-hybridized carbons (Fsp3) is 0.263. The topological polar surface area (TPSA) is 65.7 Å². The van der Waals surface area contributed by atoms with Gasteiger partial charge in [0.25, 0.3) is 0 Å². The van der Waals surface area contributed by atoms with Gasteiger partial charge in [-0.25, -0.2) is 4.98 Å². The monoisotopic (exact) mass is 395 g/mol. The highest BCUT2D eigenvalue weighted by Crippen LogP contribution is 2.32. The molecule has 5 rings (SSSR count). The summed E-state index contributed by atoms with van der Waals surface area (Å²) in [5.74, 6) is 0.886. The fourth-order valence-electron chi connectivity index (χ4n) is 3.19. The van der Waals surface area contributed by atoms with E-state index in [1.807, 2.05) is 30.3 Å². The second-order valence-corrected chi connectivity index (χ2v) is 8.26. The van der Waals surface area contributed by atoms with E-state index in [2.05, 4.69) is 31.2 Å². The highest BCUT2D eigenvalue weighted by atomic mass is 32.2. The van der Waals surface area contributed by atoms with Gasteiger partial charge in [0.15, 0.2) is 11.0 Å². The number of aromatic nitrogens is 5. The van der Waals surface area contributed by atoms with Crippen molar-refractivity contribution < 1.29 is 4.74 Å². The Morgan fingerprint density at radius 1 is 1.15 bits per heavy atom. The van der Waals surface area contributed by atoms with Crippen molar-refractivity contribution in [1.82, 2.24) is 24.7 Å². The average Bonchev–Trinajstić information content (AvgIpc) is 3.45. The maximum atomic E-state index is 5.85. The molecule has 3 aromatic heterocycles. The molecule has 1 atom stereocenters. The number of rotatable bonds is 5. The zero-order valence-corrected chi connectivity index (χ0v) is 16.1. The van der Waals surface area contributed by atoms with Crippen molar-refractivity contribution in [2.45, 2.75) is 35.7 Å². The first-order valence-corrected chi connectivity index (χ1v) is 10.5. The molecule has 6 nitrogen and oxygen atoms in total. The van der Waals surface area contributed by atoms with Gasteiger partial charge in [0.1, 0.15) is 5.03 Å². The molecule has 4 heterocycles. The lowest BCUT2D eigenvalue weighted by Gasteiger charge is -2.14. The van der Waals surface area contributed by atoms with E-state index in [9.17, 15) is 0 Å². The Kier molecular flexibility index (Phi) is 4.61. The molecular weight excluding hydrogens is 378 g/mol. The standard InChI is InChI=1S/C19H17N5OS2/c1-2-7-15-14(6-1)20-11-17(21-15)27-19-23-22-18(16-8-4-10-26-16)24(19)12-13-5-3-9-25-13/h1-2,4,6-8,10-11,13H,3,5,9,12H2. The van der Waals surface area contributed by atoms with E-state index < -0.39 is 0 Å². The third kappa shape index (κ3) is 3.47. The Morgan fingerprint density at radius 3 is 2.89 bits per heavy atom. The van der Waals surface area contributed by atoms with E-state index in [1.54, 1.807) is 17.5 Å². The molecule has 1 unspecified atom stereocenters. The lowest BCUT2D eigenvalue weighted by molar-refractivity contribution is 0.0953. The number of nitrogens with zero attached hydrogens (tertiary/aromatic N) is 5. The summed E-state index contributed by atoms with van der Waals surface area (Å²) in [5, 5.41) is 12.6. The molecule has 1 saturated heterocycles. The van der Waals surface area contributed by atoms with Gasteiger partial charge in [-0.1, -0.05) is 18.2 Å². The van der Waals surface area contributed by atoms with Crippen molar-refractivity contribution in [2.75, 3.05) is 6.61 Å². The third-order valence-corrected chi connectivity index (χ3v) is 6.25. The number of para-hydroxylation sites is 2. The number of benzene rings is 1. The second-order valence-electron chi connectivity index (χ2n) is 6.33. The van der Waals surface area contributed by atoms with Crippen molar-refractivity contribution in [3.63, 3.8) is 0 Å². The molecule has 0 amide bonds. The van der Waals surface area contributed by atoms with Gasteiger partial charge in [-0.2, -0.15) is 0 Å². The molecule has 0 aliphatic carbocycles. The minimum atomic E-state index is 0.210. The normalized spacial score (nSPS) is 17.0. The summed E-state index contributed by atoms with van der Waals surface area (Å²) in [6.45, 7) is 1.59. The van der Waals surface area contributed by atoms with E-state index in [0.29, 0.717) is 0 Å². The molecule has 1 aliphatic rings. The molecule has 1 aliphatic heterocycles. The SMILES string of the molecule is c1csc(-c2nnc(Sc3cnc4ccccc4n3)n2CC2CCCO2)c1. The zero-order chi connectivity index (χ0) is 18.1. The summed E-state index contributed by atoms with van der Waals surface area (Å²) in [6.07, 6.45) is 4.19. The van der Waals surface area contributed by atoms with Gasteiger partial charge in [-0.15, -0.1) is 21.5 Å². The van der Waals surface area contributed by atoms with E-state index in [4.69, 9.17) is 9.72 Å². The number of hydrogen-bond donors (Lipinski definition) is 0. The summed E-state index contributed by atoms with van der Waals surface area (Å²) >= 11 is 3.16. The predicted octanol–water partition coefficient (Wildman–Crippen LogP) is 4.28. The molecule has 0 spiro atoms.